The maximum atomic E-state index is 13.4. The van der Waals surface area contributed by atoms with E-state index in [0.29, 0.717) is 24.5 Å². The molecule has 1 atom stereocenters. The summed E-state index contributed by atoms with van der Waals surface area (Å²) in [5.41, 5.74) is 1.15. The fourth-order valence-electron chi connectivity index (χ4n) is 3.64. The summed E-state index contributed by atoms with van der Waals surface area (Å²) in [5, 5.41) is 13.3. The van der Waals surface area contributed by atoms with Crippen LogP contribution in [0.4, 0.5) is 0 Å². The average Bonchev–Trinajstić information content (AvgIpc) is 2.75. The minimum absolute atomic E-state index is 0.0588. The number of ether oxygens (including phenoxy) is 1. The molecule has 0 aliphatic carbocycles. The van der Waals surface area contributed by atoms with Gasteiger partial charge in [-0.05, 0) is 45.4 Å². The average molecular weight is 402 g/mol. The zero-order chi connectivity index (χ0) is 21.2. The molecule has 0 bridgehead atoms. The minimum Gasteiger partial charge on any atom is -0.493 e. The summed E-state index contributed by atoms with van der Waals surface area (Å²) >= 11 is 0. The van der Waals surface area contributed by atoms with Gasteiger partial charge >= 0.3 is 0 Å². The van der Waals surface area contributed by atoms with Crippen LogP contribution in [0.15, 0.2) is 30.3 Å². The standard InChI is InChI=1S/C21H29N3O3.C2H6/c1-15(2)24(16-7-5-10-22-14-16)21(26)19-13-20(27-12-6-11-25)17-8-3-4-9-18(17)23-19;1-2/h3-4,8-9,13,15-16,22,25H,5-7,10-12,14H2,1-2H3;1-2H3/t16-;/m1./s1. The number of fused-ring (bicyclic) bond motifs is 1. The largest absolute Gasteiger partial charge is 0.493 e. The fraction of sp³-hybridized carbons (Fsp3) is 0.565. The number of piperidine rings is 1. The Kier molecular flexibility index (Phi) is 9.35. The Labute approximate surface area is 174 Å². The number of nitrogens with one attached hydrogen (secondary N) is 1. The summed E-state index contributed by atoms with van der Waals surface area (Å²) in [7, 11) is 0. The lowest BCUT2D eigenvalue weighted by molar-refractivity contribution is 0.0567. The van der Waals surface area contributed by atoms with Crippen molar-refractivity contribution in [2.24, 2.45) is 0 Å². The Morgan fingerprint density at radius 3 is 2.76 bits per heavy atom. The molecule has 6 nitrogen and oxygen atoms in total. The molecule has 3 rings (SSSR count). The van der Waals surface area contributed by atoms with E-state index in [1.54, 1.807) is 6.07 Å². The number of hydrogen-bond acceptors (Lipinski definition) is 5. The van der Waals surface area contributed by atoms with Gasteiger partial charge in [-0.2, -0.15) is 0 Å². The molecule has 160 valence electrons. The van der Waals surface area contributed by atoms with Gasteiger partial charge in [-0.3, -0.25) is 4.79 Å². The Hall–Kier alpha value is -2.18. The second kappa shape index (κ2) is 11.7. The molecule has 2 N–H and O–H groups in total. The highest BCUT2D eigenvalue weighted by atomic mass is 16.5. The van der Waals surface area contributed by atoms with E-state index in [2.05, 4.69) is 10.3 Å². The third kappa shape index (κ3) is 5.90. The van der Waals surface area contributed by atoms with Gasteiger partial charge in [0.1, 0.15) is 11.4 Å². The number of hydrogen-bond donors (Lipinski definition) is 2. The molecule has 6 heteroatoms. The van der Waals surface area contributed by atoms with Crippen LogP contribution >= 0.6 is 0 Å². The first-order valence-corrected chi connectivity index (χ1v) is 10.8. The van der Waals surface area contributed by atoms with E-state index in [1.807, 2.05) is 56.9 Å². The van der Waals surface area contributed by atoms with E-state index < -0.39 is 0 Å². The molecular weight excluding hydrogens is 366 g/mol. The first-order chi connectivity index (χ1) is 14.1. The molecule has 1 aromatic heterocycles. The van der Waals surface area contributed by atoms with E-state index in [9.17, 15) is 4.79 Å². The molecule has 1 saturated heterocycles. The number of nitrogens with zero attached hydrogens (tertiary/aromatic N) is 2. The summed E-state index contributed by atoms with van der Waals surface area (Å²) in [6, 6.07) is 9.69. The van der Waals surface area contributed by atoms with E-state index in [1.165, 1.54) is 0 Å². The van der Waals surface area contributed by atoms with Crippen molar-refractivity contribution in [3.8, 4) is 5.75 Å². The van der Waals surface area contributed by atoms with Crippen LogP contribution in [0.3, 0.4) is 0 Å². The van der Waals surface area contributed by atoms with E-state index in [-0.39, 0.29) is 24.6 Å². The SMILES string of the molecule is CC.CC(C)N(C(=O)c1cc(OCCCO)c2ccccc2n1)[C@@H]1CCCNC1. The number of para-hydroxylation sites is 1. The monoisotopic (exact) mass is 401 g/mol. The molecular formula is C23H35N3O3. The third-order valence-electron chi connectivity index (χ3n) is 4.91. The highest BCUT2D eigenvalue weighted by Gasteiger charge is 2.29. The van der Waals surface area contributed by atoms with Crippen molar-refractivity contribution in [1.82, 2.24) is 15.2 Å². The van der Waals surface area contributed by atoms with E-state index >= 15 is 0 Å². The predicted molar refractivity (Wildman–Crippen MR) is 117 cm³/mol. The maximum absolute atomic E-state index is 13.4. The predicted octanol–water partition coefficient (Wildman–Crippen LogP) is 3.62. The van der Waals surface area contributed by atoms with Crippen molar-refractivity contribution in [2.75, 3.05) is 26.3 Å². The van der Waals surface area contributed by atoms with Gasteiger partial charge < -0.3 is 20.1 Å². The van der Waals surface area contributed by atoms with Crippen LogP contribution in [-0.2, 0) is 0 Å². The highest BCUT2D eigenvalue weighted by molar-refractivity contribution is 5.97. The van der Waals surface area contributed by atoms with Gasteiger partial charge in [-0.25, -0.2) is 4.98 Å². The molecule has 1 aliphatic rings. The quantitative estimate of drug-likeness (QED) is 0.693. The summed E-state index contributed by atoms with van der Waals surface area (Å²) < 4.78 is 5.85. The molecule has 1 aromatic carbocycles. The second-order valence-corrected chi connectivity index (χ2v) is 7.25. The fourth-order valence-corrected chi connectivity index (χ4v) is 3.64. The van der Waals surface area contributed by atoms with Crippen LogP contribution in [-0.4, -0.2) is 59.3 Å². The van der Waals surface area contributed by atoms with Crippen molar-refractivity contribution in [3.63, 3.8) is 0 Å². The number of aromatic nitrogens is 1. The number of pyridine rings is 1. The lowest BCUT2D eigenvalue weighted by Crippen LogP contribution is -2.51. The van der Waals surface area contributed by atoms with E-state index in [4.69, 9.17) is 9.84 Å². The summed E-state index contributed by atoms with van der Waals surface area (Å²) in [4.78, 5) is 19.9. The highest BCUT2D eigenvalue weighted by Crippen LogP contribution is 2.27. The summed E-state index contributed by atoms with van der Waals surface area (Å²) in [6.07, 6.45) is 2.62. The Balaban J connectivity index is 0.00000145. The van der Waals surface area contributed by atoms with Gasteiger partial charge in [-0.1, -0.05) is 26.0 Å². The first-order valence-electron chi connectivity index (χ1n) is 10.8. The molecule has 2 heterocycles. The number of aliphatic hydroxyl groups excluding tert-OH is 1. The number of carbonyl (C=O) groups excluding carboxylic acids is 1. The Morgan fingerprint density at radius 1 is 1.34 bits per heavy atom. The number of benzene rings is 1. The molecule has 0 saturated carbocycles. The van der Waals surface area contributed by atoms with Crippen molar-refractivity contribution < 1.29 is 14.6 Å². The van der Waals surface area contributed by atoms with Crippen LogP contribution in [0.2, 0.25) is 0 Å². The second-order valence-electron chi connectivity index (χ2n) is 7.25. The maximum Gasteiger partial charge on any atom is 0.273 e. The molecule has 0 radical (unpaired) electrons. The Morgan fingerprint density at radius 2 is 2.10 bits per heavy atom. The molecule has 0 spiro atoms. The zero-order valence-corrected chi connectivity index (χ0v) is 18.1. The van der Waals surface area contributed by atoms with Crippen LogP contribution in [0.5, 0.6) is 5.75 Å². The number of carbonyl (C=O) groups is 1. The lowest BCUT2D eigenvalue weighted by Gasteiger charge is -2.37. The van der Waals surface area contributed by atoms with Crippen molar-refractivity contribution in [2.45, 2.75) is 59.0 Å². The van der Waals surface area contributed by atoms with Crippen molar-refractivity contribution in [1.29, 1.82) is 0 Å². The smallest absolute Gasteiger partial charge is 0.273 e. The lowest BCUT2D eigenvalue weighted by atomic mass is 10.0. The molecule has 2 aromatic rings. The van der Waals surface area contributed by atoms with Gasteiger partial charge in [0.25, 0.3) is 5.91 Å². The van der Waals surface area contributed by atoms with Crippen LogP contribution in [0, 0.1) is 0 Å². The topological polar surface area (TPSA) is 74.7 Å². The molecule has 1 aliphatic heterocycles. The summed E-state index contributed by atoms with van der Waals surface area (Å²) in [6.45, 7) is 10.4. The van der Waals surface area contributed by atoms with Crippen LogP contribution in [0.25, 0.3) is 10.9 Å². The van der Waals surface area contributed by atoms with Crippen LogP contribution in [0.1, 0.15) is 57.4 Å². The van der Waals surface area contributed by atoms with Gasteiger partial charge in [-0.15, -0.1) is 0 Å². The molecule has 29 heavy (non-hydrogen) atoms. The first kappa shape index (κ1) is 23.1. The summed E-state index contributed by atoms with van der Waals surface area (Å²) in [5.74, 6) is 0.583. The normalized spacial score (nSPS) is 16.3. The van der Waals surface area contributed by atoms with Crippen LogP contribution < -0.4 is 10.1 Å². The minimum atomic E-state index is -0.0588. The Bertz CT molecular complexity index is 773. The number of amides is 1. The molecule has 1 amide bonds. The van der Waals surface area contributed by atoms with Crippen molar-refractivity contribution in [3.05, 3.63) is 36.0 Å². The molecule has 0 unspecified atom stereocenters. The number of rotatable bonds is 7. The van der Waals surface area contributed by atoms with Gasteiger partial charge in [0, 0.05) is 43.1 Å². The van der Waals surface area contributed by atoms with Crippen molar-refractivity contribution >= 4 is 16.8 Å². The van der Waals surface area contributed by atoms with Gasteiger partial charge in [0.15, 0.2) is 0 Å². The third-order valence-corrected chi connectivity index (χ3v) is 4.91. The number of aliphatic hydroxyl groups is 1. The van der Waals surface area contributed by atoms with E-state index in [0.717, 1.165) is 36.8 Å². The zero-order valence-electron chi connectivity index (χ0n) is 18.1. The molecule has 1 fully saturated rings. The van der Waals surface area contributed by atoms with Gasteiger partial charge in [0.05, 0.1) is 12.1 Å². The van der Waals surface area contributed by atoms with Gasteiger partial charge in [0.2, 0.25) is 0 Å².